The fraction of sp³-hybridized carbons (Fsp3) is 0. The van der Waals surface area contributed by atoms with Crippen molar-refractivity contribution < 1.29 is 0 Å². The monoisotopic (exact) mass is 226 g/mol. The summed E-state index contributed by atoms with van der Waals surface area (Å²) in [5.74, 6) is 1.40. The Morgan fingerprint density at radius 2 is 2.18 bits per heavy atom. The van der Waals surface area contributed by atoms with E-state index in [1.807, 2.05) is 6.07 Å². The molecule has 0 radical (unpaired) electrons. The van der Waals surface area contributed by atoms with Gasteiger partial charge in [-0.15, -0.1) is 0 Å². The molecule has 0 aliphatic carbocycles. The minimum atomic E-state index is 0.0426. The second-order valence-electron chi connectivity index (χ2n) is 3.67. The number of fused-ring (bicyclic) bond motifs is 1. The van der Waals surface area contributed by atoms with Crippen LogP contribution in [-0.2, 0) is 0 Å². The summed E-state index contributed by atoms with van der Waals surface area (Å²) in [6.07, 6.45) is 3.41. The summed E-state index contributed by atoms with van der Waals surface area (Å²) in [5.41, 5.74) is 7.77. The maximum atomic E-state index is 7.38. The molecule has 0 saturated heterocycles. The van der Waals surface area contributed by atoms with Crippen molar-refractivity contribution in [1.29, 1.82) is 5.41 Å². The largest absolute Gasteiger partial charge is 0.384 e. The first-order chi connectivity index (χ1) is 8.24. The minimum absolute atomic E-state index is 0.0426. The zero-order valence-electron chi connectivity index (χ0n) is 8.86. The molecule has 0 saturated carbocycles. The number of hydrogen-bond donors (Lipinski definition) is 4. The number of nitrogens with two attached hydrogens (primary N) is 1. The van der Waals surface area contributed by atoms with E-state index in [-0.39, 0.29) is 5.84 Å². The molecule has 5 N–H and O–H groups in total. The molecule has 84 valence electrons. The van der Waals surface area contributed by atoms with Crippen LogP contribution in [0.4, 0.5) is 0 Å². The van der Waals surface area contributed by atoms with E-state index in [1.165, 1.54) is 0 Å². The number of nitrogens with one attached hydrogen (secondary N) is 3. The van der Waals surface area contributed by atoms with Gasteiger partial charge in [0.05, 0.1) is 11.0 Å². The summed E-state index contributed by atoms with van der Waals surface area (Å²) < 4.78 is 0. The van der Waals surface area contributed by atoms with Gasteiger partial charge in [-0.3, -0.25) is 5.41 Å². The Morgan fingerprint density at radius 1 is 1.29 bits per heavy atom. The lowest BCUT2D eigenvalue weighted by Gasteiger charge is -1.96. The highest BCUT2D eigenvalue weighted by Gasteiger charge is 2.07. The number of rotatable bonds is 2. The molecule has 0 spiro atoms. The number of hydrogen-bond acceptors (Lipinski definition) is 3. The van der Waals surface area contributed by atoms with Crippen molar-refractivity contribution in [3.8, 4) is 11.6 Å². The van der Waals surface area contributed by atoms with E-state index in [2.05, 4.69) is 19.9 Å². The van der Waals surface area contributed by atoms with E-state index in [4.69, 9.17) is 11.1 Å². The minimum Gasteiger partial charge on any atom is -0.384 e. The number of H-pyrrole nitrogens is 2. The van der Waals surface area contributed by atoms with Crippen molar-refractivity contribution in [2.75, 3.05) is 0 Å². The first kappa shape index (κ1) is 9.59. The Morgan fingerprint density at radius 3 is 2.88 bits per heavy atom. The molecule has 17 heavy (non-hydrogen) atoms. The zero-order valence-corrected chi connectivity index (χ0v) is 8.86. The van der Waals surface area contributed by atoms with E-state index in [9.17, 15) is 0 Å². The number of aromatic amines is 2. The third-order valence-electron chi connectivity index (χ3n) is 2.52. The first-order valence-electron chi connectivity index (χ1n) is 5.08. The zero-order chi connectivity index (χ0) is 11.8. The molecule has 6 heteroatoms. The molecule has 0 aliphatic heterocycles. The molecule has 0 unspecified atom stereocenters. The summed E-state index contributed by atoms with van der Waals surface area (Å²) in [5, 5.41) is 7.38. The van der Waals surface area contributed by atoms with Gasteiger partial charge < -0.3 is 15.7 Å². The van der Waals surface area contributed by atoms with Crippen LogP contribution in [0.15, 0.2) is 30.6 Å². The van der Waals surface area contributed by atoms with Crippen molar-refractivity contribution in [1.82, 2.24) is 19.9 Å². The van der Waals surface area contributed by atoms with Crippen LogP contribution in [0.3, 0.4) is 0 Å². The molecule has 0 bridgehead atoms. The highest BCUT2D eigenvalue weighted by molar-refractivity contribution is 5.98. The summed E-state index contributed by atoms with van der Waals surface area (Å²) in [6.45, 7) is 0. The molecule has 0 aliphatic rings. The fourth-order valence-electron chi connectivity index (χ4n) is 1.68. The van der Waals surface area contributed by atoms with Crippen molar-refractivity contribution in [2.24, 2.45) is 5.73 Å². The van der Waals surface area contributed by atoms with Crippen LogP contribution in [0.1, 0.15) is 5.56 Å². The highest BCUT2D eigenvalue weighted by atomic mass is 15.0. The molecule has 3 rings (SSSR count). The molecular weight excluding hydrogens is 216 g/mol. The number of aromatic nitrogens is 4. The molecule has 2 aromatic heterocycles. The van der Waals surface area contributed by atoms with Gasteiger partial charge in [0.15, 0.2) is 11.6 Å². The summed E-state index contributed by atoms with van der Waals surface area (Å²) >= 11 is 0. The third-order valence-corrected chi connectivity index (χ3v) is 2.52. The first-order valence-corrected chi connectivity index (χ1v) is 5.08. The third kappa shape index (κ3) is 1.55. The van der Waals surface area contributed by atoms with Gasteiger partial charge in [0.2, 0.25) is 0 Å². The maximum absolute atomic E-state index is 7.38. The topological polar surface area (TPSA) is 107 Å². The predicted octanol–water partition coefficient (Wildman–Crippen LogP) is 1.24. The summed E-state index contributed by atoms with van der Waals surface area (Å²) in [7, 11) is 0. The Labute approximate surface area is 96.4 Å². The Kier molecular flexibility index (Phi) is 1.94. The molecular formula is C11H10N6. The quantitative estimate of drug-likeness (QED) is 0.390. The van der Waals surface area contributed by atoms with Gasteiger partial charge in [-0.2, -0.15) is 0 Å². The van der Waals surface area contributed by atoms with E-state index in [0.717, 1.165) is 11.0 Å². The Bertz CT molecular complexity index is 679. The lowest BCUT2D eigenvalue weighted by Crippen LogP contribution is -2.10. The van der Waals surface area contributed by atoms with Crippen LogP contribution < -0.4 is 5.73 Å². The van der Waals surface area contributed by atoms with E-state index >= 15 is 0 Å². The standard InChI is InChI=1S/C11H10N6/c12-9(13)6-1-2-7-8(5-6)17-11(16-7)10-14-3-4-15-10/h1-5H,(H3,12,13)(H,14,15)(H,16,17). The fourth-order valence-corrected chi connectivity index (χ4v) is 1.68. The predicted molar refractivity (Wildman–Crippen MR) is 64.7 cm³/mol. The Hall–Kier alpha value is -2.63. The van der Waals surface area contributed by atoms with E-state index in [0.29, 0.717) is 17.2 Å². The molecule has 1 aromatic carbocycles. The lowest BCUT2D eigenvalue weighted by atomic mass is 10.2. The lowest BCUT2D eigenvalue weighted by molar-refractivity contribution is 1.21. The van der Waals surface area contributed by atoms with E-state index < -0.39 is 0 Å². The van der Waals surface area contributed by atoms with Crippen LogP contribution in [0.5, 0.6) is 0 Å². The number of amidine groups is 1. The van der Waals surface area contributed by atoms with Crippen molar-refractivity contribution >= 4 is 16.9 Å². The molecule has 3 aromatic rings. The van der Waals surface area contributed by atoms with Gasteiger partial charge in [-0.05, 0) is 18.2 Å². The molecule has 2 heterocycles. The van der Waals surface area contributed by atoms with Crippen molar-refractivity contribution in [2.45, 2.75) is 0 Å². The molecule has 6 nitrogen and oxygen atoms in total. The average molecular weight is 226 g/mol. The number of nitrogen functional groups attached to an aromatic ring is 1. The highest BCUT2D eigenvalue weighted by Crippen LogP contribution is 2.18. The van der Waals surface area contributed by atoms with Gasteiger partial charge in [0, 0.05) is 18.0 Å². The second-order valence-corrected chi connectivity index (χ2v) is 3.67. The SMILES string of the molecule is N=C(N)c1ccc2nc(-c3ncc[nH]3)[nH]c2c1. The molecule has 0 amide bonds. The molecule has 0 atom stereocenters. The van der Waals surface area contributed by atoms with Crippen LogP contribution in [0.2, 0.25) is 0 Å². The maximum Gasteiger partial charge on any atom is 0.174 e. The summed E-state index contributed by atoms with van der Waals surface area (Å²) in [6, 6.07) is 5.41. The average Bonchev–Trinajstić information content (AvgIpc) is 2.96. The Balaban J connectivity index is 2.16. The van der Waals surface area contributed by atoms with Gasteiger partial charge in [-0.25, -0.2) is 9.97 Å². The normalized spacial score (nSPS) is 10.8. The van der Waals surface area contributed by atoms with Crippen molar-refractivity contribution in [3.05, 3.63) is 36.2 Å². The number of benzene rings is 1. The van der Waals surface area contributed by atoms with Crippen LogP contribution >= 0.6 is 0 Å². The smallest absolute Gasteiger partial charge is 0.174 e. The van der Waals surface area contributed by atoms with Gasteiger partial charge in [0.25, 0.3) is 0 Å². The van der Waals surface area contributed by atoms with Crippen LogP contribution in [0.25, 0.3) is 22.7 Å². The second kappa shape index (κ2) is 3.44. The van der Waals surface area contributed by atoms with Gasteiger partial charge in [0.1, 0.15) is 5.84 Å². The number of imidazole rings is 2. The molecule has 0 fully saturated rings. The number of nitrogens with zero attached hydrogens (tertiary/aromatic N) is 2. The van der Waals surface area contributed by atoms with Gasteiger partial charge in [-0.1, -0.05) is 0 Å². The van der Waals surface area contributed by atoms with Crippen LogP contribution in [-0.4, -0.2) is 25.8 Å². The van der Waals surface area contributed by atoms with Crippen molar-refractivity contribution in [3.63, 3.8) is 0 Å². The van der Waals surface area contributed by atoms with Crippen LogP contribution in [0, 0.1) is 5.41 Å². The van der Waals surface area contributed by atoms with Gasteiger partial charge >= 0.3 is 0 Å². The van der Waals surface area contributed by atoms with E-state index in [1.54, 1.807) is 24.5 Å². The summed E-state index contributed by atoms with van der Waals surface area (Å²) in [4.78, 5) is 14.6.